The summed E-state index contributed by atoms with van der Waals surface area (Å²) in [6.07, 6.45) is -3.09. The van der Waals surface area contributed by atoms with Gasteiger partial charge in [-0.05, 0) is 85.2 Å². The lowest BCUT2D eigenvalue weighted by Crippen LogP contribution is -2.37. The minimum atomic E-state index is -4.58. The highest BCUT2D eigenvalue weighted by Crippen LogP contribution is 2.35. The number of sulfonamides is 1. The summed E-state index contributed by atoms with van der Waals surface area (Å²) >= 11 is 1.08. The highest BCUT2D eigenvalue weighted by molar-refractivity contribution is 8.07. The van der Waals surface area contributed by atoms with Gasteiger partial charge in [0.1, 0.15) is 0 Å². The van der Waals surface area contributed by atoms with Crippen LogP contribution in [0.4, 0.5) is 18.9 Å². The number of thioether (sulfide) groups is 1. The van der Waals surface area contributed by atoms with E-state index in [9.17, 15) is 26.7 Å². The van der Waals surface area contributed by atoms with Crippen molar-refractivity contribution in [3.05, 3.63) is 80.3 Å². The molecule has 0 saturated carbocycles. The van der Waals surface area contributed by atoms with Gasteiger partial charge in [-0.3, -0.25) is 0 Å². The van der Waals surface area contributed by atoms with Crippen LogP contribution >= 0.6 is 11.8 Å². The maximum atomic E-state index is 13.3. The number of ether oxygens (including phenoxy) is 1. The Morgan fingerprint density at radius 1 is 1.11 bits per heavy atom. The van der Waals surface area contributed by atoms with Gasteiger partial charge < -0.3 is 14.7 Å². The number of alkyl halides is 3. The quantitative estimate of drug-likeness (QED) is 0.503. The first-order valence-electron chi connectivity index (χ1n) is 11.6. The lowest BCUT2D eigenvalue weighted by atomic mass is 9.93. The van der Waals surface area contributed by atoms with Crippen LogP contribution in [0.25, 0.3) is 0 Å². The first kappa shape index (κ1) is 27.3. The van der Waals surface area contributed by atoms with Gasteiger partial charge in [-0.15, -0.1) is 5.76 Å². The second-order valence-corrected chi connectivity index (χ2v) is 11.4. The van der Waals surface area contributed by atoms with E-state index in [0.29, 0.717) is 25.3 Å². The topological polar surface area (TPSA) is 82.0 Å². The molecule has 4 rings (SSSR count). The molecule has 0 unspecified atom stereocenters. The Labute approximate surface area is 218 Å². The highest BCUT2D eigenvalue weighted by Gasteiger charge is 2.31. The molecule has 2 aliphatic heterocycles. The van der Waals surface area contributed by atoms with Gasteiger partial charge in [0.2, 0.25) is 0 Å². The van der Waals surface area contributed by atoms with E-state index in [2.05, 4.69) is 15.4 Å². The minimum absolute atomic E-state index is 0.0225. The van der Waals surface area contributed by atoms with Gasteiger partial charge >= 0.3 is 6.18 Å². The predicted molar refractivity (Wildman–Crippen MR) is 137 cm³/mol. The molecule has 198 valence electrons. The Hall–Kier alpha value is -2.76. The number of anilines is 1. The standard InChI is InChI=1S/C26H27F3N2O4S2/c1-16-14-17(2)24(31-9-11-35-12-10-31)18(3)21(16)15-23(32)25-22(8-13-36-25)30-37(33,34)20-6-4-19(5-7-20)26(27,28)29/h4-8,13-14,32H,9-12,15H2,1-3H3/p-1/b25-23-,30-22+. The van der Waals surface area contributed by atoms with Crippen LogP contribution in [0.1, 0.15) is 27.8 Å². The molecular formula is C26H26F3N2O4S2-. The smallest absolute Gasteiger partial charge is 0.416 e. The van der Waals surface area contributed by atoms with Crippen molar-refractivity contribution in [1.29, 1.82) is 0 Å². The molecule has 0 bridgehead atoms. The van der Waals surface area contributed by atoms with Crippen molar-refractivity contribution in [3.8, 4) is 0 Å². The van der Waals surface area contributed by atoms with E-state index in [-0.39, 0.29) is 27.7 Å². The third kappa shape index (κ3) is 5.89. The lowest BCUT2D eigenvalue weighted by Gasteiger charge is -2.33. The third-order valence-electron chi connectivity index (χ3n) is 6.35. The Bertz CT molecular complexity index is 1390. The Balaban J connectivity index is 1.65. The van der Waals surface area contributed by atoms with Gasteiger partial charge in [0, 0.05) is 23.7 Å². The van der Waals surface area contributed by atoms with E-state index in [1.165, 1.54) is 6.08 Å². The van der Waals surface area contributed by atoms with Crippen molar-refractivity contribution < 1.29 is 31.4 Å². The van der Waals surface area contributed by atoms with Crippen LogP contribution in [0.15, 0.2) is 61.8 Å². The molecule has 0 spiro atoms. The molecule has 1 saturated heterocycles. The van der Waals surface area contributed by atoms with Crippen molar-refractivity contribution in [2.75, 3.05) is 31.2 Å². The van der Waals surface area contributed by atoms with Gasteiger partial charge in [0.05, 0.1) is 29.4 Å². The van der Waals surface area contributed by atoms with E-state index < -0.39 is 21.8 Å². The van der Waals surface area contributed by atoms with Gasteiger partial charge in [-0.2, -0.15) is 26.0 Å². The van der Waals surface area contributed by atoms with E-state index in [1.807, 2.05) is 20.8 Å². The van der Waals surface area contributed by atoms with Crippen LogP contribution in [-0.4, -0.2) is 40.4 Å². The van der Waals surface area contributed by atoms with Crippen LogP contribution in [0, 0.1) is 20.8 Å². The van der Waals surface area contributed by atoms with Crippen molar-refractivity contribution in [3.63, 3.8) is 0 Å². The molecule has 0 aliphatic carbocycles. The zero-order valence-electron chi connectivity index (χ0n) is 20.6. The molecule has 2 aliphatic rings. The van der Waals surface area contributed by atoms with Crippen molar-refractivity contribution in [1.82, 2.24) is 0 Å². The fraction of sp³-hybridized carbons (Fsp3) is 0.346. The number of benzene rings is 2. The van der Waals surface area contributed by atoms with Crippen LogP contribution in [0.5, 0.6) is 0 Å². The number of hydrogen-bond donors (Lipinski definition) is 0. The molecule has 6 nitrogen and oxygen atoms in total. The summed E-state index contributed by atoms with van der Waals surface area (Å²) in [7, 11) is -4.32. The number of rotatable bonds is 5. The first-order chi connectivity index (χ1) is 17.4. The monoisotopic (exact) mass is 551 g/mol. The van der Waals surface area contributed by atoms with Gasteiger partial charge in [0.15, 0.2) is 0 Å². The molecule has 2 aromatic carbocycles. The lowest BCUT2D eigenvalue weighted by molar-refractivity contribution is -0.305. The average Bonchev–Trinajstić information content (AvgIpc) is 3.29. The third-order valence-corrected chi connectivity index (χ3v) is 8.60. The van der Waals surface area contributed by atoms with E-state index in [4.69, 9.17) is 4.74 Å². The minimum Gasteiger partial charge on any atom is -0.874 e. The molecule has 11 heteroatoms. The first-order valence-corrected chi connectivity index (χ1v) is 13.9. The summed E-state index contributed by atoms with van der Waals surface area (Å²) in [4.78, 5) is 2.05. The normalized spacial score (nSPS) is 19.1. The number of hydrogen-bond acceptors (Lipinski definition) is 6. The van der Waals surface area contributed by atoms with E-state index in [0.717, 1.165) is 64.9 Å². The molecular weight excluding hydrogens is 525 g/mol. The van der Waals surface area contributed by atoms with Crippen LogP contribution < -0.4 is 10.0 Å². The molecule has 2 aromatic rings. The largest absolute Gasteiger partial charge is 0.874 e. The summed E-state index contributed by atoms with van der Waals surface area (Å²) in [5.74, 6) is -0.278. The fourth-order valence-corrected chi connectivity index (χ4v) is 6.41. The van der Waals surface area contributed by atoms with Gasteiger partial charge in [-0.1, -0.05) is 17.8 Å². The number of allylic oxidation sites excluding steroid dienone is 3. The molecule has 2 heterocycles. The number of morpholine rings is 1. The SMILES string of the molecule is Cc1cc(C)c(N2CCOCC2)c(C)c1C/C([O-])=C1/SC=C/C1=N\S(=O)(=O)c1ccc(C(F)(F)F)cc1. The number of halogens is 3. The Morgan fingerprint density at radius 2 is 1.76 bits per heavy atom. The summed E-state index contributed by atoms with van der Waals surface area (Å²) in [5.41, 5.74) is 4.05. The molecule has 0 amide bonds. The predicted octanol–water partition coefficient (Wildman–Crippen LogP) is 4.67. The molecule has 0 atom stereocenters. The van der Waals surface area contributed by atoms with Crippen LogP contribution in [-0.2, 0) is 27.4 Å². The summed E-state index contributed by atoms with van der Waals surface area (Å²) in [5, 5.41) is 14.9. The number of nitrogens with zero attached hydrogens (tertiary/aromatic N) is 2. The number of aryl methyl sites for hydroxylation is 2. The zero-order chi connectivity index (χ0) is 27.0. The maximum Gasteiger partial charge on any atom is 0.416 e. The van der Waals surface area contributed by atoms with Crippen LogP contribution in [0.3, 0.4) is 0 Å². The highest BCUT2D eigenvalue weighted by atomic mass is 32.2. The average molecular weight is 552 g/mol. The van der Waals surface area contributed by atoms with Crippen molar-refractivity contribution >= 4 is 33.2 Å². The van der Waals surface area contributed by atoms with E-state index in [1.54, 1.807) is 5.41 Å². The summed E-state index contributed by atoms with van der Waals surface area (Å²) in [6.45, 7) is 8.76. The zero-order valence-corrected chi connectivity index (χ0v) is 22.2. The second kappa shape index (κ2) is 10.5. The second-order valence-electron chi connectivity index (χ2n) is 8.89. The fourth-order valence-electron chi connectivity index (χ4n) is 4.58. The molecule has 1 fully saturated rings. The Kier molecular flexibility index (Phi) is 7.77. The van der Waals surface area contributed by atoms with Crippen molar-refractivity contribution in [2.45, 2.75) is 38.3 Å². The summed E-state index contributed by atoms with van der Waals surface area (Å²) < 4.78 is 73.3. The maximum absolute atomic E-state index is 13.3. The van der Waals surface area contributed by atoms with Gasteiger partial charge in [0.25, 0.3) is 10.0 Å². The van der Waals surface area contributed by atoms with Gasteiger partial charge in [-0.25, -0.2) is 0 Å². The van der Waals surface area contributed by atoms with Crippen LogP contribution in [0.2, 0.25) is 0 Å². The summed E-state index contributed by atoms with van der Waals surface area (Å²) in [6, 6.07) is 5.16. The molecule has 37 heavy (non-hydrogen) atoms. The molecule has 0 N–H and O–H groups in total. The molecule has 0 radical (unpaired) electrons. The van der Waals surface area contributed by atoms with E-state index >= 15 is 0 Å². The molecule has 0 aromatic heterocycles. The van der Waals surface area contributed by atoms with Crippen molar-refractivity contribution in [2.24, 2.45) is 4.40 Å². The Morgan fingerprint density at radius 3 is 2.38 bits per heavy atom.